The van der Waals surface area contributed by atoms with E-state index in [9.17, 15) is 9.59 Å². The molecule has 1 aromatic rings. The van der Waals surface area contributed by atoms with E-state index in [1.807, 2.05) is 37.3 Å². The Labute approximate surface area is 131 Å². The predicted octanol–water partition coefficient (Wildman–Crippen LogP) is 1.13. The van der Waals surface area contributed by atoms with Crippen LogP contribution in [-0.2, 0) is 4.79 Å². The maximum Gasteiger partial charge on any atom is 0.253 e. The first-order valence-electron chi connectivity index (χ1n) is 6.95. The van der Waals surface area contributed by atoms with E-state index < -0.39 is 0 Å². The summed E-state index contributed by atoms with van der Waals surface area (Å²) in [5.41, 5.74) is 6.34. The minimum Gasteiger partial charge on any atom is -0.339 e. The van der Waals surface area contributed by atoms with Gasteiger partial charge < -0.3 is 15.5 Å². The summed E-state index contributed by atoms with van der Waals surface area (Å²) in [5.74, 6) is 0.108. The normalized spacial score (nSPS) is 16.1. The quantitative estimate of drug-likeness (QED) is 0.910. The molecule has 2 N–H and O–H groups in total. The molecular formula is C15H22ClN3O2. The monoisotopic (exact) mass is 311 g/mol. The summed E-state index contributed by atoms with van der Waals surface area (Å²) in [5, 5.41) is 0. The number of amides is 2. The third kappa shape index (κ3) is 4.72. The van der Waals surface area contributed by atoms with Crippen molar-refractivity contribution in [2.45, 2.75) is 19.4 Å². The van der Waals surface area contributed by atoms with E-state index in [1.54, 1.807) is 9.80 Å². The van der Waals surface area contributed by atoms with E-state index in [4.69, 9.17) is 5.73 Å². The van der Waals surface area contributed by atoms with Crippen LogP contribution in [0.25, 0.3) is 0 Å². The van der Waals surface area contributed by atoms with Crippen LogP contribution in [-0.4, -0.2) is 53.8 Å². The largest absolute Gasteiger partial charge is 0.339 e. The summed E-state index contributed by atoms with van der Waals surface area (Å²) in [4.78, 5) is 27.7. The SMILES string of the molecule is CC(N)CC(=O)N1CCN(C(=O)c2ccccc2)CC1.Cl. The number of carbonyl (C=O) groups excluding carboxylic acids is 2. The van der Waals surface area contributed by atoms with Gasteiger partial charge in [-0.05, 0) is 19.1 Å². The van der Waals surface area contributed by atoms with Gasteiger partial charge in [-0.3, -0.25) is 9.59 Å². The first kappa shape index (κ1) is 17.5. The molecule has 1 heterocycles. The zero-order chi connectivity index (χ0) is 14.5. The molecule has 0 aliphatic carbocycles. The molecule has 6 heteroatoms. The Balaban J connectivity index is 0.00000220. The molecule has 2 rings (SSSR count). The summed E-state index contributed by atoms with van der Waals surface area (Å²) < 4.78 is 0. The van der Waals surface area contributed by atoms with Gasteiger partial charge >= 0.3 is 0 Å². The third-order valence-corrected chi connectivity index (χ3v) is 3.44. The minimum absolute atomic E-state index is 0. The standard InChI is InChI=1S/C15H21N3O2.ClH/c1-12(16)11-14(19)17-7-9-18(10-8-17)15(20)13-5-3-2-4-6-13;/h2-6,12H,7-11,16H2,1H3;1H. The zero-order valence-corrected chi connectivity index (χ0v) is 13.0. The highest BCUT2D eigenvalue weighted by atomic mass is 35.5. The van der Waals surface area contributed by atoms with Gasteiger partial charge in [0.05, 0.1) is 0 Å². The second-order valence-electron chi connectivity index (χ2n) is 5.22. The van der Waals surface area contributed by atoms with Crippen LogP contribution in [0.1, 0.15) is 23.7 Å². The van der Waals surface area contributed by atoms with E-state index in [1.165, 1.54) is 0 Å². The lowest BCUT2D eigenvalue weighted by Gasteiger charge is -2.35. The lowest BCUT2D eigenvalue weighted by atomic mass is 10.1. The molecule has 0 spiro atoms. The molecule has 21 heavy (non-hydrogen) atoms. The van der Waals surface area contributed by atoms with E-state index >= 15 is 0 Å². The van der Waals surface area contributed by atoms with Crippen molar-refractivity contribution in [3.8, 4) is 0 Å². The van der Waals surface area contributed by atoms with Crippen LogP contribution >= 0.6 is 12.4 Å². The Morgan fingerprint density at radius 2 is 1.62 bits per heavy atom. The van der Waals surface area contributed by atoms with Crippen molar-refractivity contribution in [1.82, 2.24) is 9.80 Å². The van der Waals surface area contributed by atoms with Gasteiger partial charge in [-0.25, -0.2) is 0 Å². The van der Waals surface area contributed by atoms with Crippen LogP contribution < -0.4 is 5.73 Å². The highest BCUT2D eigenvalue weighted by Crippen LogP contribution is 2.09. The van der Waals surface area contributed by atoms with Gasteiger partial charge in [-0.2, -0.15) is 0 Å². The van der Waals surface area contributed by atoms with Crippen LogP contribution in [0, 0.1) is 0 Å². The molecule has 1 atom stereocenters. The van der Waals surface area contributed by atoms with Gasteiger partial charge in [0.1, 0.15) is 0 Å². The lowest BCUT2D eigenvalue weighted by Crippen LogP contribution is -2.51. The van der Waals surface area contributed by atoms with Crippen molar-refractivity contribution >= 4 is 24.2 Å². The van der Waals surface area contributed by atoms with Crippen LogP contribution in [0.2, 0.25) is 0 Å². The number of halogens is 1. The fourth-order valence-corrected chi connectivity index (χ4v) is 2.33. The number of hydrogen-bond acceptors (Lipinski definition) is 3. The number of carbonyl (C=O) groups is 2. The highest BCUT2D eigenvalue weighted by molar-refractivity contribution is 5.94. The van der Waals surface area contributed by atoms with Crippen molar-refractivity contribution in [3.05, 3.63) is 35.9 Å². The van der Waals surface area contributed by atoms with E-state index in [-0.39, 0.29) is 30.3 Å². The fourth-order valence-electron chi connectivity index (χ4n) is 2.33. The zero-order valence-electron chi connectivity index (χ0n) is 12.2. The Morgan fingerprint density at radius 3 is 2.14 bits per heavy atom. The van der Waals surface area contributed by atoms with E-state index in [0.717, 1.165) is 0 Å². The molecule has 0 aromatic heterocycles. The van der Waals surface area contributed by atoms with E-state index in [0.29, 0.717) is 38.2 Å². The lowest BCUT2D eigenvalue weighted by molar-refractivity contribution is -0.132. The average molecular weight is 312 g/mol. The third-order valence-electron chi connectivity index (χ3n) is 3.44. The van der Waals surface area contributed by atoms with Crippen molar-refractivity contribution < 1.29 is 9.59 Å². The number of benzene rings is 1. The number of nitrogens with zero attached hydrogens (tertiary/aromatic N) is 2. The molecule has 1 saturated heterocycles. The van der Waals surface area contributed by atoms with Gasteiger partial charge in [-0.15, -0.1) is 12.4 Å². The Morgan fingerprint density at radius 1 is 1.10 bits per heavy atom. The Hall–Kier alpha value is -1.59. The summed E-state index contributed by atoms with van der Waals surface area (Å²) in [6.45, 7) is 4.16. The van der Waals surface area contributed by atoms with Crippen molar-refractivity contribution in [1.29, 1.82) is 0 Å². The van der Waals surface area contributed by atoms with Gasteiger partial charge in [0.2, 0.25) is 5.91 Å². The fraction of sp³-hybridized carbons (Fsp3) is 0.467. The first-order valence-corrected chi connectivity index (χ1v) is 6.95. The number of piperazine rings is 1. The molecule has 2 amide bonds. The number of nitrogens with two attached hydrogens (primary N) is 1. The molecule has 116 valence electrons. The molecule has 1 unspecified atom stereocenters. The van der Waals surface area contributed by atoms with Gasteiger partial charge in [-0.1, -0.05) is 18.2 Å². The topological polar surface area (TPSA) is 66.6 Å². The van der Waals surface area contributed by atoms with Gasteiger partial charge in [0.25, 0.3) is 5.91 Å². The molecule has 0 radical (unpaired) electrons. The Kier molecular flexibility index (Phi) is 6.65. The molecule has 1 aliphatic rings. The van der Waals surface area contributed by atoms with Crippen LogP contribution in [0.3, 0.4) is 0 Å². The predicted molar refractivity (Wildman–Crippen MR) is 84.4 cm³/mol. The van der Waals surface area contributed by atoms with Crippen LogP contribution in [0.15, 0.2) is 30.3 Å². The second-order valence-corrected chi connectivity index (χ2v) is 5.22. The van der Waals surface area contributed by atoms with Crippen LogP contribution in [0.4, 0.5) is 0 Å². The molecular weight excluding hydrogens is 290 g/mol. The number of hydrogen-bond donors (Lipinski definition) is 1. The highest BCUT2D eigenvalue weighted by Gasteiger charge is 2.24. The van der Waals surface area contributed by atoms with Crippen molar-refractivity contribution in [3.63, 3.8) is 0 Å². The second kappa shape index (κ2) is 8.00. The summed E-state index contributed by atoms with van der Waals surface area (Å²) >= 11 is 0. The minimum atomic E-state index is -0.119. The van der Waals surface area contributed by atoms with Crippen LogP contribution in [0.5, 0.6) is 0 Å². The summed E-state index contributed by atoms with van der Waals surface area (Å²) in [7, 11) is 0. The van der Waals surface area contributed by atoms with Gasteiger partial charge in [0, 0.05) is 44.2 Å². The molecule has 5 nitrogen and oxygen atoms in total. The molecule has 1 aliphatic heterocycles. The molecule has 0 saturated carbocycles. The van der Waals surface area contributed by atoms with Crippen molar-refractivity contribution in [2.75, 3.05) is 26.2 Å². The maximum atomic E-state index is 12.3. The summed E-state index contributed by atoms with van der Waals surface area (Å²) in [6.07, 6.45) is 0.368. The number of rotatable bonds is 3. The molecule has 1 fully saturated rings. The first-order chi connectivity index (χ1) is 9.58. The van der Waals surface area contributed by atoms with Crippen molar-refractivity contribution in [2.24, 2.45) is 5.73 Å². The maximum absolute atomic E-state index is 12.3. The van der Waals surface area contributed by atoms with Gasteiger partial charge in [0.15, 0.2) is 0 Å². The van der Waals surface area contributed by atoms with E-state index in [2.05, 4.69) is 0 Å². The Bertz CT molecular complexity index is 471. The average Bonchev–Trinajstić information content (AvgIpc) is 2.47. The molecule has 1 aromatic carbocycles. The molecule has 0 bridgehead atoms. The summed E-state index contributed by atoms with van der Waals surface area (Å²) in [6, 6.07) is 9.12. The smallest absolute Gasteiger partial charge is 0.253 e.